The third kappa shape index (κ3) is 5.30. The van der Waals surface area contributed by atoms with Crippen LogP contribution in [0.15, 0.2) is 76.0 Å². The number of nitrogens with zero attached hydrogens (tertiary/aromatic N) is 2. The first kappa shape index (κ1) is 25.9. The van der Waals surface area contributed by atoms with Crippen molar-refractivity contribution in [3.05, 3.63) is 72.5 Å². The van der Waals surface area contributed by atoms with E-state index in [2.05, 4.69) is 9.13 Å². The first-order valence-electron chi connectivity index (χ1n) is 11.3. The predicted molar refractivity (Wildman–Crippen MR) is 128 cm³/mol. The zero-order chi connectivity index (χ0) is 27.1. The Bertz CT molecular complexity index is 1460. The van der Waals surface area contributed by atoms with Gasteiger partial charge in [0.25, 0.3) is 10.0 Å². The third-order valence-electron chi connectivity index (χ3n) is 6.04. The van der Waals surface area contributed by atoms with Crippen molar-refractivity contribution in [2.45, 2.75) is 23.4 Å². The summed E-state index contributed by atoms with van der Waals surface area (Å²) in [4.78, 5) is 1.40. The highest BCUT2D eigenvalue weighted by Crippen LogP contribution is 2.48. The van der Waals surface area contributed by atoms with Crippen LogP contribution >= 0.6 is 0 Å². The maximum Gasteiger partial charge on any atom is 0.573 e. The van der Waals surface area contributed by atoms with Crippen molar-refractivity contribution >= 4 is 27.6 Å². The van der Waals surface area contributed by atoms with Gasteiger partial charge in [-0.1, -0.05) is 12.1 Å². The molecule has 1 N–H and O–H groups in total. The van der Waals surface area contributed by atoms with Crippen molar-refractivity contribution in [1.82, 2.24) is 0 Å². The van der Waals surface area contributed by atoms with Crippen LogP contribution in [0.1, 0.15) is 0 Å². The molecule has 0 radical (unpaired) electrons. The maximum absolute atomic E-state index is 13.9. The molecule has 3 atom stereocenters. The van der Waals surface area contributed by atoms with E-state index < -0.39 is 46.0 Å². The lowest BCUT2D eigenvalue weighted by atomic mass is 9.93. The number of sulfonamides is 1. The van der Waals surface area contributed by atoms with Gasteiger partial charge in [0.15, 0.2) is 11.5 Å². The Balaban J connectivity index is 1.39. The van der Waals surface area contributed by atoms with Gasteiger partial charge in [-0.2, -0.15) is 12.8 Å². The fourth-order valence-electron chi connectivity index (χ4n) is 4.32. The molecule has 0 spiro atoms. The maximum atomic E-state index is 13.9. The summed E-state index contributed by atoms with van der Waals surface area (Å²) >= 11 is 0. The quantitative estimate of drug-likeness (QED) is 0.359. The molecule has 3 aromatic rings. The lowest BCUT2D eigenvalue weighted by molar-refractivity contribution is -0.274. The van der Waals surface area contributed by atoms with Crippen molar-refractivity contribution in [1.29, 1.82) is 0 Å². The second-order valence-electron chi connectivity index (χ2n) is 8.56. The first-order chi connectivity index (χ1) is 18.0. The molecule has 8 nitrogen and oxygen atoms in total. The summed E-state index contributed by atoms with van der Waals surface area (Å²) in [6.07, 6.45) is -5.03. The van der Waals surface area contributed by atoms with Gasteiger partial charge in [-0.15, -0.1) is 13.2 Å². The number of anilines is 2. The molecule has 0 saturated carbocycles. The highest BCUT2D eigenvalue weighted by molar-refractivity contribution is 7.90. The van der Waals surface area contributed by atoms with Crippen LogP contribution in [0.5, 0.6) is 17.2 Å². The highest BCUT2D eigenvalue weighted by Gasteiger charge is 2.40. The molecule has 0 aromatic heterocycles. The highest BCUT2D eigenvalue weighted by atomic mass is 32.2. The molecule has 38 heavy (non-hydrogen) atoms. The largest absolute Gasteiger partial charge is 0.573 e. The molecule has 1 unspecified atom stereocenters. The second-order valence-corrected chi connectivity index (χ2v) is 10.2. The smallest absolute Gasteiger partial charge is 0.453 e. The van der Waals surface area contributed by atoms with Gasteiger partial charge < -0.3 is 24.2 Å². The molecule has 2 aliphatic rings. The van der Waals surface area contributed by atoms with Crippen LogP contribution in [-0.4, -0.2) is 51.5 Å². The number of fused-ring (bicyclic) bond motifs is 2. The van der Waals surface area contributed by atoms with Crippen LogP contribution in [0.2, 0.25) is 0 Å². The average molecular weight is 553 g/mol. The summed E-state index contributed by atoms with van der Waals surface area (Å²) in [7, 11) is -4.30. The number of ether oxygens (including phenoxy) is 3. The monoisotopic (exact) mass is 552 g/mol. The summed E-state index contributed by atoms with van der Waals surface area (Å²) in [6.45, 7) is 0.0430. The number of aliphatic hydroxyl groups is 1. The minimum Gasteiger partial charge on any atom is -0.453 e. The topological polar surface area (TPSA) is 97.7 Å². The lowest BCUT2D eigenvalue weighted by Crippen LogP contribution is -2.53. The summed E-state index contributed by atoms with van der Waals surface area (Å²) in [5, 5.41) is 11.3. The molecular formula is C25H20F4N2O6S. The van der Waals surface area contributed by atoms with Crippen LogP contribution in [0.25, 0.3) is 0 Å². The Hall–Kier alpha value is -3.68. The van der Waals surface area contributed by atoms with Gasteiger partial charge >= 0.3 is 6.36 Å². The summed E-state index contributed by atoms with van der Waals surface area (Å²) in [5.74, 6) is -1.25. The fraction of sp³-hybridized carbons (Fsp3) is 0.240. The fourth-order valence-corrected chi connectivity index (χ4v) is 5.23. The number of benzene rings is 3. The van der Waals surface area contributed by atoms with Gasteiger partial charge in [-0.05, 0) is 48.5 Å². The lowest BCUT2D eigenvalue weighted by Gasteiger charge is -2.43. The molecule has 2 heterocycles. The molecule has 1 fully saturated rings. The van der Waals surface area contributed by atoms with E-state index in [0.717, 1.165) is 30.5 Å². The van der Waals surface area contributed by atoms with E-state index >= 15 is 0 Å². The Kier molecular flexibility index (Phi) is 6.75. The summed E-state index contributed by atoms with van der Waals surface area (Å²) < 4.78 is 95.3. The number of rotatable bonds is 5. The molecule has 2 aliphatic heterocycles. The Labute approximate surface area is 214 Å². The van der Waals surface area contributed by atoms with Gasteiger partial charge in [-0.3, -0.25) is 0 Å². The standard InChI is InChI=1S/C25H20F4N2O6S/c26-16-5-10-20-23(11-16)36-22-4-2-1-3-19(22)31(20)21-14-35-13-15(24(21)32)12-30-38(33,34)18-8-6-17(7-9-18)37-25(27,28)29/h1-12,15,21,24,32H,13-14H2/b30-12-/t15?,21-,24-/m0/s1. The van der Waals surface area contributed by atoms with Crippen molar-refractivity contribution in [2.75, 3.05) is 18.1 Å². The van der Waals surface area contributed by atoms with Crippen LogP contribution < -0.4 is 14.4 Å². The molecule has 200 valence electrons. The Morgan fingerprint density at radius 3 is 2.45 bits per heavy atom. The summed E-state index contributed by atoms with van der Waals surface area (Å²) in [5.41, 5.74) is 1.09. The number of hydrogen-bond donors (Lipinski definition) is 1. The number of para-hydroxylation sites is 2. The first-order valence-corrected chi connectivity index (χ1v) is 12.7. The SMILES string of the molecule is O=S(=O)(/N=C\C1COC[C@H](N2c3ccccc3Oc3cc(F)ccc32)[C@H]1O)c1ccc(OC(F)(F)F)cc1. The van der Waals surface area contributed by atoms with Crippen LogP contribution in [-0.2, 0) is 14.8 Å². The predicted octanol–water partition coefficient (Wildman–Crippen LogP) is 4.80. The Morgan fingerprint density at radius 1 is 1.00 bits per heavy atom. The van der Waals surface area contributed by atoms with E-state index in [4.69, 9.17) is 9.47 Å². The van der Waals surface area contributed by atoms with Crippen molar-refractivity contribution in [2.24, 2.45) is 10.3 Å². The normalized spacial score (nSPS) is 21.5. The zero-order valence-electron chi connectivity index (χ0n) is 19.4. The average Bonchev–Trinajstić information content (AvgIpc) is 2.86. The summed E-state index contributed by atoms with van der Waals surface area (Å²) in [6, 6.07) is 13.9. The van der Waals surface area contributed by atoms with E-state index in [1.54, 1.807) is 29.2 Å². The van der Waals surface area contributed by atoms with Crippen molar-refractivity contribution in [3.8, 4) is 17.2 Å². The van der Waals surface area contributed by atoms with E-state index in [-0.39, 0.29) is 23.9 Å². The molecule has 0 amide bonds. The zero-order valence-corrected chi connectivity index (χ0v) is 20.2. The van der Waals surface area contributed by atoms with Crippen molar-refractivity contribution in [3.63, 3.8) is 0 Å². The van der Waals surface area contributed by atoms with E-state index in [9.17, 15) is 31.1 Å². The van der Waals surface area contributed by atoms with E-state index in [0.29, 0.717) is 17.1 Å². The van der Waals surface area contributed by atoms with Gasteiger partial charge in [0.2, 0.25) is 0 Å². The molecule has 3 aromatic carbocycles. The van der Waals surface area contributed by atoms with Crippen molar-refractivity contribution < 1.29 is 45.3 Å². The minimum atomic E-state index is -4.91. The van der Waals surface area contributed by atoms with Crippen LogP contribution in [0.3, 0.4) is 0 Å². The van der Waals surface area contributed by atoms with E-state index in [1.165, 1.54) is 18.2 Å². The van der Waals surface area contributed by atoms with Gasteiger partial charge in [0, 0.05) is 18.2 Å². The molecule has 13 heteroatoms. The van der Waals surface area contributed by atoms with Crippen LogP contribution in [0, 0.1) is 11.7 Å². The number of alkyl halides is 3. The van der Waals surface area contributed by atoms with E-state index in [1.807, 2.05) is 0 Å². The van der Waals surface area contributed by atoms with Crippen LogP contribution in [0.4, 0.5) is 28.9 Å². The Morgan fingerprint density at radius 2 is 1.71 bits per heavy atom. The third-order valence-corrected chi connectivity index (χ3v) is 7.30. The molecule has 0 bridgehead atoms. The van der Waals surface area contributed by atoms with Gasteiger partial charge in [-0.25, -0.2) is 4.39 Å². The molecular weight excluding hydrogens is 532 g/mol. The van der Waals surface area contributed by atoms with Gasteiger partial charge in [0.05, 0.1) is 41.6 Å². The molecule has 1 saturated heterocycles. The number of hydrogen-bond acceptors (Lipinski definition) is 7. The number of aliphatic hydroxyl groups excluding tert-OH is 1. The number of halogens is 4. The molecule has 5 rings (SSSR count). The second kappa shape index (κ2) is 9.89. The minimum absolute atomic E-state index is 0.0304. The molecule has 0 aliphatic carbocycles. The van der Waals surface area contributed by atoms with Gasteiger partial charge in [0.1, 0.15) is 11.6 Å².